The van der Waals surface area contributed by atoms with Gasteiger partial charge >= 0.3 is 0 Å². The largest absolute Gasteiger partial charge is 0.325 e. The summed E-state index contributed by atoms with van der Waals surface area (Å²) in [6.07, 6.45) is 0. The first-order valence-corrected chi connectivity index (χ1v) is 4.97. The van der Waals surface area contributed by atoms with Crippen LogP contribution in [0, 0.1) is 13.8 Å². The van der Waals surface area contributed by atoms with Gasteiger partial charge < -0.3 is 5.32 Å². The minimum absolute atomic E-state index is 0.300. The summed E-state index contributed by atoms with van der Waals surface area (Å²) in [5, 5.41) is 6.07. The molecule has 0 aliphatic carbocycles. The Morgan fingerprint density at radius 2 is 2.19 bits per heavy atom. The van der Waals surface area contributed by atoms with E-state index >= 15 is 0 Å². The number of carbonyl (C=O) groups is 1. The Labute approximate surface area is 94.1 Å². The molecule has 1 atom stereocenters. The molecule has 0 saturated carbocycles. The van der Waals surface area contributed by atoms with Crippen LogP contribution >= 0.6 is 0 Å². The number of benzene rings is 1. The fraction of sp³-hybridized carbons (Fsp3) is 0.364. The number of azide groups is 1. The first-order chi connectivity index (χ1) is 7.54. The molecule has 1 rings (SSSR count). The first-order valence-electron chi connectivity index (χ1n) is 4.97. The summed E-state index contributed by atoms with van der Waals surface area (Å²) in [6.45, 7) is 5.42. The maximum Gasteiger partial charge on any atom is 0.233 e. The lowest BCUT2D eigenvalue weighted by Crippen LogP contribution is -2.23. The number of aryl methyl sites for hydroxylation is 2. The van der Waals surface area contributed by atoms with Crippen molar-refractivity contribution in [3.63, 3.8) is 0 Å². The van der Waals surface area contributed by atoms with Gasteiger partial charge in [0.15, 0.2) is 0 Å². The number of nitrogens with one attached hydrogen (secondary N) is 1. The molecule has 1 N–H and O–H groups in total. The Kier molecular flexibility index (Phi) is 3.91. The standard InChI is InChI=1S/C11H14N4O/c1-7-4-5-8(2)10(6-7)13-11(16)9(3)14-15-12/h4-6,9H,1-3H3,(H,13,16). The van der Waals surface area contributed by atoms with Gasteiger partial charge in [-0.15, -0.1) is 0 Å². The molecular formula is C11H14N4O. The van der Waals surface area contributed by atoms with Crippen LogP contribution in [0.25, 0.3) is 10.4 Å². The molecule has 1 amide bonds. The van der Waals surface area contributed by atoms with Crippen molar-refractivity contribution in [1.82, 2.24) is 0 Å². The molecule has 0 aliphatic rings. The lowest BCUT2D eigenvalue weighted by Gasteiger charge is -2.10. The average molecular weight is 218 g/mol. The van der Waals surface area contributed by atoms with Crippen LogP contribution in [-0.4, -0.2) is 11.9 Å². The molecule has 1 aromatic carbocycles. The highest BCUT2D eigenvalue weighted by molar-refractivity contribution is 5.95. The van der Waals surface area contributed by atoms with Crippen LogP contribution in [0.3, 0.4) is 0 Å². The molecule has 5 heteroatoms. The first kappa shape index (κ1) is 12.1. The van der Waals surface area contributed by atoms with E-state index in [1.54, 1.807) is 6.92 Å². The van der Waals surface area contributed by atoms with E-state index in [2.05, 4.69) is 15.3 Å². The topological polar surface area (TPSA) is 77.9 Å². The van der Waals surface area contributed by atoms with Gasteiger partial charge in [0, 0.05) is 10.6 Å². The number of nitrogens with zero attached hydrogens (tertiary/aromatic N) is 3. The van der Waals surface area contributed by atoms with Crippen LogP contribution < -0.4 is 5.32 Å². The minimum Gasteiger partial charge on any atom is -0.325 e. The minimum atomic E-state index is -0.704. The predicted octanol–water partition coefficient (Wildman–Crippen LogP) is 2.94. The molecule has 0 aliphatic heterocycles. The number of anilines is 1. The summed E-state index contributed by atoms with van der Waals surface area (Å²) in [5.41, 5.74) is 11.0. The third-order valence-corrected chi connectivity index (χ3v) is 2.26. The third-order valence-electron chi connectivity index (χ3n) is 2.26. The maximum absolute atomic E-state index is 11.6. The molecule has 1 aromatic rings. The van der Waals surface area contributed by atoms with Gasteiger partial charge in [0.2, 0.25) is 5.91 Å². The van der Waals surface area contributed by atoms with Crippen molar-refractivity contribution in [3.8, 4) is 0 Å². The fourth-order valence-corrected chi connectivity index (χ4v) is 1.24. The van der Waals surface area contributed by atoms with E-state index in [4.69, 9.17) is 5.53 Å². The van der Waals surface area contributed by atoms with Crippen LogP contribution in [0.4, 0.5) is 5.69 Å². The van der Waals surface area contributed by atoms with E-state index in [9.17, 15) is 4.79 Å². The average Bonchev–Trinajstić information content (AvgIpc) is 2.23. The van der Waals surface area contributed by atoms with Crippen molar-refractivity contribution in [1.29, 1.82) is 0 Å². The van der Waals surface area contributed by atoms with Gasteiger partial charge in [0.05, 0.1) is 0 Å². The van der Waals surface area contributed by atoms with Crippen LogP contribution in [0.1, 0.15) is 18.1 Å². The zero-order chi connectivity index (χ0) is 12.1. The Balaban J connectivity index is 2.84. The second-order valence-electron chi connectivity index (χ2n) is 3.69. The van der Waals surface area contributed by atoms with Gasteiger partial charge in [-0.2, -0.15) is 0 Å². The van der Waals surface area contributed by atoms with Crippen LogP contribution in [0.15, 0.2) is 23.3 Å². The van der Waals surface area contributed by atoms with Gasteiger partial charge in [-0.3, -0.25) is 4.79 Å². The highest BCUT2D eigenvalue weighted by Gasteiger charge is 2.11. The second kappa shape index (κ2) is 5.19. The van der Waals surface area contributed by atoms with Crippen LogP contribution in [0.5, 0.6) is 0 Å². The van der Waals surface area contributed by atoms with E-state index in [0.29, 0.717) is 0 Å². The SMILES string of the molecule is Cc1ccc(C)c(NC(=O)C(C)N=[N+]=[N-])c1. The third kappa shape index (κ3) is 3.00. The number of hydrogen-bond acceptors (Lipinski definition) is 2. The van der Waals surface area contributed by atoms with Gasteiger partial charge in [-0.1, -0.05) is 17.2 Å². The predicted molar refractivity (Wildman–Crippen MR) is 63.2 cm³/mol. The van der Waals surface area contributed by atoms with Crippen molar-refractivity contribution in [3.05, 3.63) is 39.8 Å². The van der Waals surface area contributed by atoms with E-state index in [1.165, 1.54) is 0 Å². The molecule has 0 aromatic heterocycles. The van der Waals surface area contributed by atoms with Crippen LogP contribution in [0.2, 0.25) is 0 Å². The zero-order valence-electron chi connectivity index (χ0n) is 9.56. The number of rotatable bonds is 3. The molecular weight excluding hydrogens is 204 g/mol. The van der Waals surface area contributed by atoms with Crippen LogP contribution in [-0.2, 0) is 4.79 Å². The van der Waals surface area contributed by atoms with Crippen molar-refractivity contribution < 1.29 is 4.79 Å². The highest BCUT2D eigenvalue weighted by atomic mass is 16.2. The monoisotopic (exact) mass is 218 g/mol. The van der Waals surface area contributed by atoms with E-state index < -0.39 is 6.04 Å². The van der Waals surface area contributed by atoms with Gasteiger partial charge in [-0.05, 0) is 43.5 Å². The molecule has 16 heavy (non-hydrogen) atoms. The Morgan fingerprint density at radius 3 is 2.81 bits per heavy atom. The van der Waals surface area contributed by atoms with Crippen molar-refractivity contribution in [2.24, 2.45) is 5.11 Å². The summed E-state index contributed by atoms with van der Waals surface area (Å²) in [4.78, 5) is 14.2. The Hall–Kier alpha value is -2.00. The van der Waals surface area contributed by atoms with Crippen molar-refractivity contribution in [2.45, 2.75) is 26.8 Å². The highest BCUT2D eigenvalue weighted by Crippen LogP contribution is 2.16. The lowest BCUT2D eigenvalue weighted by molar-refractivity contribution is -0.117. The summed E-state index contributed by atoms with van der Waals surface area (Å²) in [6, 6.07) is 5.09. The zero-order valence-corrected chi connectivity index (χ0v) is 9.56. The number of carbonyl (C=O) groups excluding carboxylic acids is 1. The molecule has 0 saturated heterocycles. The van der Waals surface area contributed by atoms with Gasteiger partial charge in [-0.25, -0.2) is 0 Å². The molecule has 84 valence electrons. The Morgan fingerprint density at radius 1 is 1.50 bits per heavy atom. The quantitative estimate of drug-likeness (QED) is 0.472. The summed E-state index contributed by atoms with van der Waals surface area (Å²) in [5.74, 6) is -0.300. The number of hydrogen-bond donors (Lipinski definition) is 1. The summed E-state index contributed by atoms with van der Waals surface area (Å²) < 4.78 is 0. The van der Waals surface area contributed by atoms with E-state index in [-0.39, 0.29) is 5.91 Å². The maximum atomic E-state index is 11.6. The van der Waals surface area contributed by atoms with Gasteiger partial charge in [0.1, 0.15) is 6.04 Å². The van der Waals surface area contributed by atoms with Gasteiger partial charge in [0.25, 0.3) is 0 Å². The molecule has 1 unspecified atom stereocenters. The molecule has 0 heterocycles. The molecule has 0 spiro atoms. The summed E-state index contributed by atoms with van der Waals surface area (Å²) in [7, 11) is 0. The fourth-order valence-electron chi connectivity index (χ4n) is 1.24. The molecule has 5 nitrogen and oxygen atoms in total. The van der Waals surface area contributed by atoms with E-state index in [1.807, 2.05) is 32.0 Å². The normalized spacial score (nSPS) is 11.4. The molecule has 0 fully saturated rings. The van der Waals surface area contributed by atoms with E-state index in [0.717, 1.165) is 16.8 Å². The van der Waals surface area contributed by atoms with Crippen molar-refractivity contribution in [2.75, 3.05) is 5.32 Å². The molecule has 0 bridgehead atoms. The smallest absolute Gasteiger partial charge is 0.233 e. The molecule has 0 radical (unpaired) electrons. The summed E-state index contributed by atoms with van der Waals surface area (Å²) >= 11 is 0. The second-order valence-corrected chi connectivity index (χ2v) is 3.69. The number of amides is 1. The Bertz CT molecular complexity index is 449. The lowest BCUT2D eigenvalue weighted by atomic mass is 10.1. The van der Waals surface area contributed by atoms with Crippen molar-refractivity contribution >= 4 is 11.6 Å².